The Morgan fingerprint density at radius 1 is 1.23 bits per heavy atom. The second kappa shape index (κ2) is 9.89. The number of likely N-dealkylation sites (tertiary alicyclic amines) is 1. The zero-order valence-electron chi connectivity index (χ0n) is 18.2. The first-order valence-electron chi connectivity index (χ1n) is 10.7. The van der Waals surface area contributed by atoms with Crippen molar-refractivity contribution in [3.8, 4) is 16.3 Å². The number of rotatable bonds is 7. The van der Waals surface area contributed by atoms with Gasteiger partial charge in [-0.2, -0.15) is 0 Å². The van der Waals surface area contributed by atoms with Crippen molar-refractivity contribution in [3.05, 3.63) is 45.9 Å². The fourth-order valence-electron chi connectivity index (χ4n) is 3.63. The first-order valence-corrected chi connectivity index (χ1v) is 12.4. The SMILES string of the molecule is CCOc1ccc(-c2nc(C)c(C(=O)Nc3nc(CN4CCC(C)CC4)cs3)s2)cc1. The maximum absolute atomic E-state index is 12.8. The van der Waals surface area contributed by atoms with Gasteiger partial charge in [-0.1, -0.05) is 6.92 Å². The van der Waals surface area contributed by atoms with Crippen LogP contribution in [-0.4, -0.2) is 40.5 Å². The maximum Gasteiger partial charge on any atom is 0.269 e. The third-order valence-electron chi connectivity index (χ3n) is 5.45. The van der Waals surface area contributed by atoms with E-state index in [0.29, 0.717) is 16.6 Å². The number of nitrogens with zero attached hydrogens (tertiary/aromatic N) is 3. The zero-order valence-corrected chi connectivity index (χ0v) is 19.8. The third-order valence-corrected chi connectivity index (χ3v) is 7.46. The fourth-order valence-corrected chi connectivity index (χ4v) is 5.29. The number of thiazole rings is 2. The summed E-state index contributed by atoms with van der Waals surface area (Å²) in [7, 11) is 0. The van der Waals surface area contributed by atoms with Gasteiger partial charge in [0.2, 0.25) is 0 Å². The molecule has 3 heterocycles. The summed E-state index contributed by atoms with van der Waals surface area (Å²) < 4.78 is 5.49. The fraction of sp³-hybridized carbons (Fsp3) is 0.435. The van der Waals surface area contributed by atoms with Gasteiger partial charge in [0, 0.05) is 17.5 Å². The highest BCUT2D eigenvalue weighted by Gasteiger charge is 2.19. The zero-order chi connectivity index (χ0) is 21.8. The van der Waals surface area contributed by atoms with E-state index in [1.807, 2.05) is 43.5 Å². The summed E-state index contributed by atoms with van der Waals surface area (Å²) in [5.74, 6) is 1.49. The van der Waals surface area contributed by atoms with Crippen molar-refractivity contribution in [2.24, 2.45) is 5.92 Å². The highest BCUT2D eigenvalue weighted by molar-refractivity contribution is 7.17. The molecule has 6 nitrogen and oxygen atoms in total. The predicted octanol–water partition coefficient (Wildman–Crippen LogP) is 5.46. The molecule has 31 heavy (non-hydrogen) atoms. The number of piperidine rings is 1. The molecule has 0 unspecified atom stereocenters. The summed E-state index contributed by atoms with van der Waals surface area (Å²) >= 11 is 2.88. The van der Waals surface area contributed by atoms with Crippen molar-refractivity contribution in [2.45, 2.75) is 40.2 Å². The van der Waals surface area contributed by atoms with Crippen molar-refractivity contribution < 1.29 is 9.53 Å². The van der Waals surface area contributed by atoms with E-state index in [1.165, 1.54) is 35.5 Å². The Hall–Kier alpha value is -2.29. The normalized spacial score (nSPS) is 15.2. The molecule has 164 valence electrons. The van der Waals surface area contributed by atoms with Gasteiger partial charge >= 0.3 is 0 Å². The van der Waals surface area contributed by atoms with Gasteiger partial charge in [-0.25, -0.2) is 9.97 Å². The van der Waals surface area contributed by atoms with Crippen molar-refractivity contribution in [3.63, 3.8) is 0 Å². The van der Waals surface area contributed by atoms with Crippen LogP contribution >= 0.6 is 22.7 Å². The van der Waals surface area contributed by atoms with Gasteiger partial charge in [0.1, 0.15) is 15.6 Å². The lowest BCUT2D eigenvalue weighted by Gasteiger charge is -2.29. The summed E-state index contributed by atoms with van der Waals surface area (Å²) in [6, 6.07) is 7.80. The van der Waals surface area contributed by atoms with E-state index in [9.17, 15) is 4.79 Å². The molecule has 1 N–H and O–H groups in total. The lowest BCUT2D eigenvalue weighted by atomic mass is 9.99. The standard InChI is InChI=1S/C23H28N4O2S2/c1-4-29-19-7-5-17(6-8-19)22-24-16(3)20(31-22)21(28)26-23-25-18(14-30-23)13-27-11-9-15(2)10-12-27/h5-8,14-15H,4,9-13H2,1-3H3,(H,25,26,28). The van der Waals surface area contributed by atoms with Crippen LogP contribution in [0.5, 0.6) is 5.75 Å². The highest BCUT2D eigenvalue weighted by atomic mass is 32.1. The lowest BCUT2D eigenvalue weighted by molar-refractivity contribution is 0.102. The summed E-state index contributed by atoms with van der Waals surface area (Å²) in [5.41, 5.74) is 2.72. The Bertz CT molecular complexity index is 1020. The van der Waals surface area contributed by atoms with Crippen LogP contribution in [0.4, 0.5) is 5.13 Å². The number of carbonyl (C=O) groups is 1. The van der Waals surface area contributed by atoms with Gasteiger partial charge in [0.25, 0.3) is 5.91 Å². The van der Waals surface area contributed by atoms with E-state index < -0.39 is 0 Å². The van der Waals surface area contributed by atoms with E-state index in [1.54, 1.807) is 0 Å². The van der Waals surface area contributed by atoms with Gasteiger partial charge in [0.15, 0.2) is 5.13 Å². The van der Waals surface area contributed by atoms with Crippen LogP contribution < -0.4 is 10.1 Å². The average Bonchev–Trinajstić information content (AvgIpc) is 3.37. The van der Waals surface area contributed by atoms with E-state index >= 15 is 0 Å². The van der Waals surface area contributed by atoms with E-state index in [0.717, 1.165) is 53.3 Å². The largest absolute Gasteiger partial charge is 0.494 e. The molecular formula is C23H28N4O2S2. The molecule has 0 radical (unpaired) electrons. The smallest absolute Gasteiger partial charge is 0.269 e. The minimum absolute atomic E-state index is 0.153. The molecule has 2 aromatic heterocycles. The Balaban J connectivity index is 1.39. The number of anilines is 1. The molecule has 1 aromatic carbocycles. The van der Waals surface area contributed by atoms with Crippen LogP contribution in [0.3, 0.4) is 0 Å². The molecule has 0 aliphatic carbocycles. The second-order valence-corrected chi connectivity index (χ2v) is 9.80. The summed E-state index contributed by atoms with van der Waals surface area (Å²) in [4.78, 5) is 25.1. The van der Waals surface area contributed by atoms with Crippen molar-refractivity contribution in [1.82, 2.24) is 14.9 Å². The summed E-state index contributed by atoms with van der Waals surface area (Å²) in [6.07, 6.45) is 2.49. The number of benzene rings is 1. The molecule has 4 rings (SSSR count). The number of aryl methyl sites for hydroxylation is 1. The van der Waals surface area contributed by atoms with Crippen molar-refractivity contribution in [1.29, 1.82) is 0 Å². The van der Waals surface area contributed by atoms with Gasteiger partial charge in [-0.05, 0) is 70.0 Å². The molecule has 0 saturated carbocycles. The minimum atomic E-state index is -0.153. The lowest BCUT2D eigenvalue weighted by Crippen LogP contribution is -2.32. The Morgan fingerprint density at radius 2 is 1.97 bits per heavy atom. The molecular weight excluding hydrogens is 428 g/mol. The molecule has 3 aromatic rings. The van der Waals surface area contributed by atoms with Crippen LogP contribution in [0.1, 0.15) is 47.7 Å². The number of aromatic nitrogens is 2. The van der Waals surface area contributed by atoms with Gasteiger partial charge in [-0.3, -0.25) is 15.0 Å². The molecule has 1 fully saturated rings. The number of hydrogen-bond donors (Lipinski definition) is 1. The van der Waals surface area contributed by atoms with Gasteiger partial charge < -0.3 is 4.74 Å². The van der Waals surface area contributed by atoms with E-state index in [4.69, 9.17) is 4.74 Å². The van der Waals surface area contributed by atoms with Gasteiger partial charge in [-0.15, -0.1) is 22.7 Å². The number of carbonyl (C=O) groups excluding carboxylic acids is 1. The molecule has 1 amide bonds. The first-order chi connectivity index (χ1) is 15.0. The molecule has 0 atom stereocenters. The average molecular weight is 457 g/mol. The number of amides is 1. The summed E-state index contributed by atoms with van der Waals surface area (Å²) in [5, 5.41) is 6.46. The van der Waals surface area contributed by atoms with E-state index in [-0.39, 0.29) is 5.91 Å². The Kier molecular flexibility index (Phi) is 6.99. The number of hydrogen-bond acceptors (Lipinski definition) is 7. The highest BCUT2D eigenvalue weighted by Crippen LogP contribution is 2.30. The van der Waals surface area contributed by atoms with Crippen LogP contribution in [-0.2, 0) is 6.54 Å². The number of nitrogens with one attached hydrogen (secondary N) is 1. The molecule has 1 aliphatic heterocycles. The monoisotopic (exact) mass is 456 g/mol. The second-order valence-electron chi connectivity index (χ2n) is 7.95. The molecule has 0 bridgehead atoms. The first kappa shape index (κ1) is 21.9. The van der Waals surface area contributed by atoms with Crippen molar-refractivity contribution >= 4 is 33.7 Å². The minimum Gasteiger partial charge on any atom is -0.494 e. The Labute approximate surface area is 191 Å². The van der Waals surface area contributed by atoms with Gasteiger partial charge in [0.05, 0.1) is 18.0 Å². The summed E-state index contributed by atoms with van der Waals surface area (Å²) in [6.45, 7) is 9.87. The quantitative estimate of drug-likeness (QED) is 0.511. The van der Waals surface area contributed by atoms with Crippen LogP contribution in [0.2, 0.25) is 0 Å². The van der Waals surface area contributed by atoms with Crippen LogP contribution in [0.15, 0.2) is 29.6 Å². The topological polar surface area (TPSA) is 67.3 Å². The Morgan fingerprint density at radius 3 is 2.68 bits per heavy atom. The molecule has 1 aliphatic rings. The van der Waals surface area contributed by atoms with Crippen LogP contribution in [0.25, 0.3) is 10.6 Å². The molecule has 8 heteroatoms. The van der Waals surface area contributed by atoms with E-state index in [2.05, 4.69) is 27.1 Å². The van der Waals surface area contributed by atoms with Crippen LogP contribution in [0, 0.1) is 12.8 Å². The third kappa shape index (κ3) is 5.50. The number of ether oxygens (including phenoxy) is 1. The van der Waals surface area contributed by atoms with Crippen molar-refractivity contribution in [2.75, 3.05) is 25.0 Å². The predicted molar refractivity (Wildman–Crippen MR) is 127 cm³/mol. The molecule has 1 saturated heterocycles. The molecule has 0 spiro atoms. The maximum atomic E-state index is 12.8.